The zero-order valence-corrected chi connectivity index (χ0v) is 18.1. The van der Waals surface area contributed by atoms with Gasteiger partial charge in [-0.05, 0) is 36.8 Å². The molecule has 5 nitrogen and oxygen atoms in total. The normalized spacial score (nSPS) is 10.6. The molecule has 30 heavy (non-hydrogen) atoms. The van der Waals surface area contributed by atoms with Gasteiger partial charge in [0.25, 0.3) is 0 Å². The van der Waals surface area contributed by atoms with Crippen LogP contribution >= 0.6 is 22.9 Å². The Bertz CT molecular complexity index is 1080. The number of thiophene rings is 1. The molecule has 8 heteroatoms. The molecule has 3 rings (SSSR count). The molecular formula is C22H19ClFNO4S. The van der Waals surface area contributed by atoms with Crippen LogP contribution in [0.3, 0.4) is 0 Å². The van der Waals surface area contributed by atoms with Gasteiger partial charge < -0.3 is 14.8 Å². The van der Waals surface area contributed by atoms with Gasteiger partial charge in [0.05, 0.1) is 20.6 Å². The van der Waals surface area contributed by atoms with Crippen LogP contribution in [0.25, 0.3) is 11.1 Å². The number of carbonyl (C=O) groups excluding carboxylic acids is 2. The minimum absolute atomic E-state index is 0.0972. The number of hydrogen-bond acceptors (Lipinski definition) is 5. The second-order valence-corrected chi connectivity index (χ2v) is 8.01. The molecule has 0 aliphatic rings. The molecule has 0 fully saturated rings. The van der Waals surface area contributed by atoms with Crippen molar-refractivity contribution in [3.8, 4) is 16.9 Å². The summed E-state index contributed by atoms with van der Waals surface area (Å²) in [5.74, 6) is -0.951. The van der Waals surface area contributed by atoms with Crippen molar-refractivity contribution < 1.29 is 23.5 Å². The second-order valence-electron chi connectivity index (χ2n) is 6.38. The molecule has 0 radical (unpaired) electrons. The van der Waals surface area contributed by atoms with Gasteiger partial charge in [-0.3, -0.25) is 4.79 Å². The van der Waals surface area contributed by atoms with Crippen molar-refractivity contribution in [1.29, 1.82) is 0 Å². The van der Waals surface area contributed by atoms with E-state index in [0.717, 1.165) is 10.4 Å². The summed E-state index contributed by atoms with van der Waals surface area (Å²) in [7, 11) is 2.85. The van der Waals surface area contributed by atoms with Crippen molar-refractivity contribution in [2.45, 2.75) is 13.3 Å². The summed E-state index contributed by atoms with van der Waals surface area (Å²) in [6.45, 7) is 1.85. The molecule has 0 unspecified atom stereocenters. The molecule has 2 aromatic carbocycles. The van der Waals surface area contributed by atoms with Gasteiger partial charge in [-0.15, -0.1) is 11.3 Å². The average Bonchev–Trinajstić information content (AvgIpc) is 3.05. The summed E-state index contributed by atoms with van der Waals surface area (Å²) in [4.78, 5) is 26.0. The van der Waals surface area contributed by atoms with Crippen LogP contribution in [0, 0.1) is 12.7 Å². The third-order valence-electron chi connectivity index (χ3n) is 4.50. The number of amides is 1. The number of nitrogens with one attached hydrogen (secondary N) is 1. The van der Waals surface area contributed by atoms with Crippen molar-refractivity contribution >= 4 is 39.8 Å². The lowest BCUT2D eigenvalue weighted by atomic mass is 10.0. The van der Waals surface area contributed by atoms with Crippen molar-refractivity contribution in [3.05, 3.63) is 69.3 Å². The minimum Gasteiger partial charge on any atom is -0.497 e. The van der Waals surface area contributed by atoms with Crippen LogP contribution in [-0.2, 0) is 16.0 Å². The summed E-state index contributed by atoms with van der Waals surface area (Å²) >= 11 is 7.26. The van der Waals surface area contributed by atoms with Crippen molar-refractivity contribution in [3.63, 3.8) is 0 Å². The largest absolute Gasteiger partial charge is 0.497 e. The number of ether oxygens (including phenoxy) is 2. The van der Waals surface area contributed by atoms with Crippen LogP contribution in [0.4, 0.5) is 9.39 Å². The van der Waals surface area contributed by atoms with Gasteiger partial charge in [0, 0.05) is 21.0 Å². The molecule has 156 valence electrons. The quantitative estimate of drug-likeness (QED) is 0.507. The smallest absolute Gasteiger partial charge is 0.341 e. The number of aryl methyl sites for hydroxylation is 1. The highest BCUT2D eigenvalue weighted by molar-refractivity contribution is 7.17. The molecule has 0 aliphatic carbocycles. The maximum absolute atomic E-state index is 14.0. The highest BCUT2D eigenvalue weighted by atomic mass is 35.5. The van der Waals surface area contributed by atoms with Crippen molar-refractivity contribution in [1.82, 2.24) is 0 Å². The first-order valence-electron chi connectivity index (χ1n) is 8.94. The first kappa shape index (κ1) is 21.8. The van der Waals surface area contributed by atoms with E-state index in [1.807, 2.05) is 19.1 Å². The summed E-state index contributed by atoms with van der Waals surface area (Å²) in [5.41, 5.74) is 1.79. The Hall–Kier alpha value is -2.90. The highest BCUT2D eigenvalue weighted by Crippen LogP contribution is 2.41. The number of carbonyl (C=O) groups is 2. The number of rotatable bonds is 6. The Balaban J connectivity index is 1.96. The molecule has 1 aromatic heterocycles. The molecule has 0 aliphatic heterocycles. The van der Waals surface area contributed by atoms with Gasteiger partial charge >= 0.3 is 5.97 Å². The van der Waals surface area contributed by atoms with E-state index in [-0.39, 0.29) is 22.6 Å². The minimum atomic E-state index is -0.579. The highest BCUT2D eigenvalue weighted by Gasteiger charge is 2.25. The van der Waals surface area contributed by atoms with E-state index in [2.05, 4.69) is 5.32 Å². The summed E-state index contributed by atoms with van der Waals surface area (Å²) in [6.07, 6.45) is -0.263. The third-order valence-corrected chi connectivity index (χ3v) is 5.88. The molecule has 0 saturated heterocycles. The van der Waals surface area contributed by atoms with Gasteiger partial charge in [0.1, 0.15) is 22.1 Å². The van der Waals surface area contributed by atoms with E-state index >= 15 is 0 Å². The lowest BCUT2D eigenvalue weighted by Crippen LogP contribution is -2.17. The number of halogens is 2. The number of benzene rings is 2. The van der Waals surface area contributed by atoms with Gasteiger partial charge in [0.15, 0.2) is 0 Å². The van der Waals surface area contributed by atoms with E-state index < -0.39 is 17.7 Å². The van der Waals surface area contributed by atoms with E-state index in [1.54, 1.807) is 19.2 Å². The fraction of sp³-hybridized carbons (Fsp3) is 0.182. The molecule has 3 aromatic rings. The van der Waals surface area contributed by atoms with Crippen molar-refractivity contribution in [2.24, 2.45) is 0 Å². The zero-order chi connectivity index (χ0) is 21.8. The van der Waals surface area contributed by atoms with Crippen LogP contribution in [-0.4, -0.2) is 26.1 Å². The van der Waals surface area contributed by atoms with E-state index in [0.29, 0.717) is 16.3 Å². The van der Waals surface area contributed by atoms with Crippen LogP contribution in [0.1, 0.15) is 20.8 Å². The Labute approximate surface area is 182 Å². The standard InChI is InChI=1S/C22H19ClFNO4S/c1-12-19(13-7-9-14(28-2)10-8-13)20(22(27)29-3)21(30-12)25-18(26)11-15-16(23)5-4-6-17(15)24/h4-10H,11H2,1-3H3,(H,25,26). The summed E-state index contributed by atoms with van der Waals surface area (Å²) in [6, 6.07) is 11.4. The number of methoxy groups -OCH3 is 2. The predicted molar refractivity (Wildman–Crippen MR) is 116 cm³/mol. The monoisotopic (exact) mass is 447 g/mol. The zero-order valence-electron chi connectivity index (χ0n) is 16.5. The van der Waals surface area contributed by atoms with E-state index in [4.69, 9.17) is 21.1 Å². The Morgan fingerprint density at radius 2 is 1.83 bits per heavy atom. The number of hydrogen-bond donors (Lipinski definition) is 1. The molecule has 0 bridgehead atoms. The van der Waals surface area contributed by atoms with Gasteiger partial charge in [0.2, 0.25) is 5.91 Å². The molecular weight excluding hydrogens is 429 g/mol. The first-order valence-corrected chi connectivity index (χ1v) is 10.1. The van der Waals surface area contributed by atoms with E-state index in [1.165, 1.54) is 36.6 Å². The van der Waals surface area contributed by atoms with Crippen LogP contribution in [0.2, 0.25) is 5.02 Å². The molecule has 1 amide bonds. The fourth-order valence-corrected chi connectivity index (χ4v) is 4.38. The van der Waals surface area contributed by atoms with Gasteiger partial charge in [-0.25, -0.2) is 9.18 Å². The van der Waals surface area contributed by atoms with E-state index in [9.17, 15) is 14.0 Å². The molecule has 0 saturated carbocycles. The number of anilines is 1. The Kier molecular flexibility index (Phi) is 6.74. The van der Waals surface area contributed by atoms with Crippen molar-refractivity contribution in [2.75, 3.05) is 19.5 Å². The lowest BCUT2D eigenvalue weighted by molar-refractivity contribution is -0.115. The average molecular weight is 448 g/mol. The summed E-state index contributed by atoms with van der Waals surface area (Å²) in [5, 5.41) is 3.21. The number of esters is 1. The van der Waals surface area contributed by atoms with Gasteiger partial charge in [-0.2, -0.15) is 0 Å². The second kappa shape index (κ2) is 9.28. The fourth-order valence-electron chi connectivity index (χ4n) is 3.07. The Morgan fingerprint density at radius 3 is 2.43 bits per heavy atom. The summed E-state index contributed by atoms with van der Waals surface area (Å²) < 4.78 is 24.1. The molecule has 0 spiro atoms. The molecule has 1 N–H and O–H groups in total. The lowest BCUT2D eigenvalue weighted by Gasteiger charge is -2.09. The predicted octanol–water partition coefficient (Wildman–Crippen LogP) is 5.49. The Morgan fingerprint density at radius 1 is 1.13 bits per heavy atom. The van der Waals surface area contributed by atoms with Gasteiger partial charge in [-0.1, -0.05) is 29.8 Å². The third kappa shape index (κ3) is 4.47. The SMILES string of the molecule is COC(=O)c1c(NC(=O)Cc2c(F)cccc2Cl)sc(C)c1-c1ccc(OC)cc1. The molecule has 0 atom stereocenters. The maximum Gasteiger partial charge on any atom is 0.341 e. The van der Waals surface area contributed by atoms with Crippen LogP contribution in [0.15, 0.2) is 42.5 Å². The van der Waals surface area contributed by atoms with Crippen LogP contribution < -0.4 is 10.1 Å². The molecule has 1 heterocycles. The maximum atomic E-state index is 14.0. The first-order chi connectivity index (χ1) is 14.3. The van der Waals surface area contributed by atoms with Crippen LogP contribution in [0.5, 0.6) is 5.75 Å². The topological polar surface area (TPSA) is 64.6 Å².